The van der Waals surface area contributed by atoms with Crippen molar-refractivity contribution >= 4 is 11.6 Å². The Morgan fingerprint density at radius 1 is 1.00 bits per heavy atom. The predicted molar refractivity (Wildman–Crippen MR) is 121 cm³/mol. The Morgan fingerprint density at radius 3 is 2.11 bits per heavy atom. The summed E-state index contributed by atoms with van der Waals surface area (Å²) in [6.07, 6.45) is 4.09. The molecule has 0 radical (unpaired) electrons. The van der Waals surface area contributed by atoms with Crippen molar-refractivity contribution in [1.29, 1.82) is 0 Å². The molecule has 3 unspecified atom stereocenters. The van der Waals surface area contributed by atoms with Crippen molar-refractivity contribution in [3.8, 4) is 5.75 Å². The Hall–Kier alpha value is -1.51. The fourth-order valence-corrected chi connectivity index (χ4v) is 4.37. The summed E-state index contributed by atoms with van der Waals surface area (Å²) in [6.45, 7) is 20.0. The van der Waals surface area contributed by atoms with Crippen LogP contribution in [-0.2, 0) is 4.79 Å². The third kappa shape index (κ3) is 9.12. The van der Waals surface area contributed by atoms with Crippen LogP contribution in [-0.4, -0.2) is 11.0 Å². The number of aromatic hydroxyl groups is 1. The molecule has 3 nitrogen and oxygen atoms in total. The van der Waals surface area contributed by atoms with Crippen LogP contribution in [0.3, 0.4) is 0 Å². The van der Waals surface area contributed by atoms with Crippen molar-refractivity contribution < 1.29 is 9.90 Å². The summed E-state index contributed by atoms with van der Waals surface area (Å²) >= 11 is 0. The molecular weight excluding hydrogens is 346 g/mol. The van der Waals surface area contributed by atoms with Gasteiger partial charge >= 0.3 is 0 Å². The van der Waals surface area contributed by atoms with Gasteiger partial charge in [0.15, 0.2) is 0 Å². The van der Waals surface area contributed by atoms with Gasteiger partial charge in [-0.2, -0.15) is 0 Å². The van der Waals surface area contributed by atoms with E-state index in [2.05, 4.69) is 60.7 Å². The maximum atomic E-state index is 13.2. The summed E-state index contributed by atoms with van der Waals surface area (Å²) in [7, 11) is 0. The Morgan fingerprint density at radius 2 is 1.57 bits per heavy atom. The minimum absolute atomic E-state index is 0.0283. The van der Waals surface area contributed by atoms with E-state index >= 15 is 0 Å². The van der Waals surface area contributed by atoms with Gasteiger partial charge in [0, 0.05) is 5.92 Å². The molecular formula is C25H43NO2. The van der Waals surface area contributed by atoms with E-state index in [-0.39, 0.29) is 28.9 Å². The van der Waals surface area contributed by atoms with Gasteiger partial charge in [-0.3, -0.25) is 4.79 Å². The normalized spacial score (nSPS) is 15.8. The van der Waals surface area contributed by atoms with Crippen molar-refractivity contribution in [3.05, 3.63) is 23.8 Å². The van der Waals surface area contributed by atoms with Crippen molar-refractivity contribution in [3.63, 3.8) is 0 Å². The second-order valence-electron chi connectivity index (χ2n) is 11.3. The zero-order valence-electron chi connectivity index (χ0n) is 19.6. The Balaban J connectivity index is 2.92. The molecule has 1 aromatic rings. The van der Waals surface area contributed by atoms with Gasteiger partial charge in [-0.1, -0.05) is 61.5 Å². The monoisotopic (exact) mass is 389 g/mol. The molecule has 3 heteroatoms. The van der Waals surface area contributed by atoms with Gasteiger partial charge in [0.2, 0.25) is 5.91 Å². The van der Waals surface area contributed by atoms with Crippen LogP contribution in [0.2, 0.25) is 0 Å². The Labute approximate surface area is 173 Å². The summed E-state index contributed by atoms with van der Waals surface area (Å²) in [6, 6.07) is 5.32. The third-order valence-electron chi connectivity index (χ3n) is 5.30. The second-order valence-corrected chi connectivity index (χ2v) is 11.3. The van der Waals surface area contributed by atoms with Gasteiger partial charge in [-0.15, -0.1) is 0 Å². The maximum absolute atomic E-state index is 13.2. The first-order chi connectivity index (χ1) is 12.7. The van der Waals surface area contributed by atoms with Gasteiger partial charge in [0.25, 0.3) is 0 Å². The molecule has 0 bridgehead atoms. The lowest BCUT2D eigenvalue weighted by Crippen LogP contribution is -2.31. The number of hydrogen-bond acceptors (Lipinski definition) is 2. The molecule has 0 aliphatic rings. The molecule has 2 N–H and O–H groups in total. The highest BCUT2D eigenvalue weighted by Crippen LogP contribution is 2.35. The molecule has 0 heterocycles. The van der Waals surface area contributed by atoms with E-state index in [1.54, 1.807) is 6.07 Å². The molecule has 28 heavy (non-hydrogen) atoms. The lowest BCUT2D eigenvalue weighted by atomic mass is 9.76. The van der Waals surface area contributed by atoms with Crippen LogP contribution < -0.4 is 5.32 Å². The van der Waals surface area contributed by atoms with E-state index in [0.29, 0.717) is 17.0 Å². The number of hydrogen-bond donors (Lipinski definition) is 2. The molecule has 0 fully saturated rings. The number of phenolic OH excluding ortho intramolecular Hbond substituents is 1. The maximum Gasteiger partial charge on any atom is 0.227 e. The third-order valence-corrected chi connectivity index (χ3v) is 5.30. The fraction of sp³-hybridized carbons (Fsp3) is 0.720. The smallest absolute Gasteiger partial charge is 0.227 e. The Kier molecular flexibility index (Phi) is 8.59. The molecule has 160 valence electrons. The zero-order valence-corrected chi connectivity index (χ0v) is 19.6. The Bertz CT molecular complexity index is 637. The van der Waals surface area contributed by atoms with Crippen LogP contribution >= 0.6 is 0 Å². The van der Waals surface area contributed by atoms with Crippen molar-refractivity contribution in [2.75, 3.05) is 5.32 Å². The lowest BCUT2D eigenvalue weighted by Gasteiger charge is -2.30. The highest BCUT2D eigenvalue weighted by molar-refractivity contribution is 5.94. The molecule has 0 saturated heterocycles. The average Bonchev–Trinajstić information content (AvgIpc) is 2.47. The minimum atomic E-state index is -0.0541. The first-order valence-electron chi connectivity index (χ1n) is 10.8. The van der Waals surface area contributed by atoms with Crippen LogP contribution in [0, 0.1) is 35.5 Å². The number of benzene rings is 1. The number of rotatable bonds is 8. The highest BCUT2D eigenvalue weighted by atomic mass is 16.3. The van der Waals surface area contributed by atoms with Crippen molar-refractivity contribution in [2.45, 2.75) is 88.0 Å². The molecule has 0 aromatic heterocycles. The van der Waals surface area contributed by atoms with E-state index in [1.807, 2.05) is 19.1 Å². The van der Waals surface area contributed by atoms with E-state index in [9.17, 15) is 9.90 Å². The van der Waals surface area contributed by atoms with Gasteiger partial charge in [-0.05, 0) is 73.0 Å². The molecule has 1 aromatic carbocycles. The molecule has 0 spiro atoms. The van der Waals surface area contributed by atoms with Gasteiger partial charge in [0.05, 0.1) is 5.69 Å². The first-order valence-corrected chi connectivity index (χ1v) is 10.8. The van der Waals surface area contributed by atoms with Crippen molar-refractivity contribution in [2.24, 2.45) is 28.6 Å². The number of phenols is 1. The predicted octanol–water partition coefficient (Wildman–Crippen LogP) is 7.18. The van der Waals surface area contributed by atoms with Crippen molar-refractivity contribution in [1.82, 2.24) is 0 Å². The molecule has 0 aliphatic carbocycles. The number of amides is 1. The highest BCUT2D eigenvalue weighted by Gasteiger charge is 2.29. The number of anilines is 1. The standard InChI is InChI=1S/C25H43NO2/c1-17-11-13-22(27)21(14-17)26-23(28)20(19(3)16-25(7,8)9)12-10-18(2)15-24(4,5)6/h11,13-14,18-20,27H,10,12,15-16H2,1-9H3,(H,26,28). The minimum Gasteiger partial charge on any atom is -0.506 e. The SMILES string of the molecule is Cc1ccc(O)c(NC(=O)C(CCC(C)CC(C)(C)C)C(C)CC(C)(C)C)c1. The van der Waals surface area contributed by atoms with Crippen LogP contribution in [0.25, 0.3) is 0 Å². The van der Waals surface area contributed by atoms with E-state index in [1.165, 1.54) is 0 Å². The molecule has 1 amide bonds. The first kappa shape index (κ1) is 24.5. The van der Waals surface area contributed by atoms with Gasteiger partial charge < -0.3 is 10.4 Å². The zero-order chi connectivity index (χ0) is 21.7. The van der Waals surface area contributed by atoms with Gasteiger partial charge in [0.1, 0.15) is 5.75 Å². The summed E-state index contributed by atoms with van der Waals surface area (Å²) in [5, 5.41) is 13.1. The van der Waals surface area contributed by atoms with Crippen LogP contribution in [0.5, 0.6) is 5.75 Å². The summed E-state index contributed by atoms with van der Waals surface area (Å²) in [4.78, 5) is 13.2. The number of carbonyl (C=O) groups excluding carboxylic acids is 1. The largest absolute Gasteiger partial charge is 0.506 e. The topological polar surface area (TPSA) is 49.3 Å². The van der Waals surface area contributed by atoms with Gasteiger partial charge in [-0.25, -0.2) is 0 Å². The van der Waals surface area contributed by atoms with E-state index in [4.69, 9.17) is 0 Å². The average molecular weight is 390 g/mol. The molecule has 1 rings (SSSR count). The molecule has 0 saturated carbocycles. The van der Waals surface area contributed by atoms with E-state index < -0.39 is 0 Å². The number of aryl methyl sites for hydroxylation is 1. The van der Waals surface area contributed by atoms with Crippen LogP contribution in [0.15, 0.2) is 18.2 Å². The van der Waals surface area contributed by atoms with Crippen LogP contribution in [0.1, 0.15) is 86.6 Å². The number of carbonyl (C=O) groups is 1. The lowest BCUT2D eigenvalue weighted by molar-refractivity contribution is -0.122. The summed E-state index contributed by atoms with van der Waals surface area (Å²) in [5.41, 5.74) is 2.02. The molecule has 0 aliphatic heterocycles. The van der Waals surface area contributed by atoms with Crippen LogP contribution in [0.4, 0.5) is 5.69 Å². The fourth-order valence-electron chi connectivity index (χ4n) is 4.37. The molecule has 3 atom stereocenters. The van der Waals surface area contributed by atoms with E-state index in [0.717, 1.165) is 31.2 Å². The summed E-state index contributed by atoms with van der Waals surface area (Å²) < 4.78 is 0. The number of nitrogens with one attached hydrogen (secondary N) is 1. The second kappa shape index (κ2) is 9.80. The quantitative estimate of drug-likeness (QED) is 0.463. The summed E-state index contributed by atoms with van der Waals surface area (Å²) in [5.74, 6) is 0.975.